The SMILES string of the molecule is Cc1ccc(-n2nnnc2CN2CCN(C(=O)NC3CCCCC3)CC2)cc1. The van der Waals surface area contributed by atoms with E-state index < -0.39 is 0 Å². The summed E-state index contributed by atoms with van der Waals surface area (Å²) in [6.07, 6.45) is 6.00. The highest BCUT2D eigenvalue weighted by molar-refractivity contribution is 5.74. The van der Waals surface area contributed by atoms with Gasteiger partial charge in [-0.25, -0.2) is 4.79 Å². The molecule has 2 aromatic rings. The Bertz CT molecular complexity index is 774. The van der Waals surface area contributed by atoms with E-state index in [1.807, 2.05) is 17.0 Å². The maximum Gasteiger partial charge on any atom is 0.317 e. The number of carbonyl (C=O) groups excluding carboxylic acids is 1. The minimum atomic E-state index is 0.0936. The maximum atomic E-state index is 12.5. The third kappa shape index (κ3) is 4.49. The average molecular weight is 384 g/mol. The maximum absolute atomic E-state index is 12.5. The fourth-order valence-corrected chi connectivity index (χ4v) is 4.01. The number of piperazine rings is 1. The van der Waals surface area contributed by atoms with Gasteiger partial charge < -0.3 is 10.2 Å². The lowest BCUT2D eigenvalue weighted by atomic mass is 9.96. The summed E-state index contributed by atoms with van der Waals surface area (Å²) in [6.45, 7) is 5.89. The smallest absolute Gasteiger partial charge is 0.317 e. The number of benzene rings is 1. The van der Waals surface area contributed by atoms with Gasteiger partial charge in [-0.3, -0.25) is 4.90 Å². The summed E-state index contributed by atoms with van der Waals surface area (Å²) >= 11 is 0. The zero-order chi connectivity index (χ0) is 19.3. The van der Waals surface area contributed by atoms with Crippen molar-refractivity contribution < 1.29 is 4.79 Å². The molecule has 0 spiro atoms. The molecule has 0 atom stereocenters. The van der Waals surface area contributed by atoms with Gasteiger partial charge in [-0.2, -0.15) is 4.68 Å². The fraction of sp³-hybridized carbons (Fsp3) is 0.600. The second-order valence-corrected chi connectivity index (χ2v) is 7.89. The predicted octanol–water partition coefficient (Wildman–Crippen LogP) is 2.13. The summed E-state index contributed by atoms with van der Waals surface area (Å²) in [5.41, 5.74) is 2.18. The van der Waals surface area contributed by atoms with Gasteiger partial charge >= 0.3 is 6.03 Å². The first-order valence-electron chi connectivity index (χ1n) is 10.3. The second-order valence-electron chi connectivity index (χ2n) is 7.89. The van der Waals surface area contributed by atoms with Crippen molar-refractivity contribution in [1.29, 1.82) is 0 Å². The fourth-order valence-electron chi connectivity index (χ4n) is 4.01. The standard InChI is InChI=1S/C20H29N7O/c1-16-7-9-18(10-8-16)27-19(22-23-24-27)15-25-11-13-26(14-12-25)20(28)21-17-5-3-2-4-6-17/h7-10,17H,2-6,11-15H2,1H3,(H,21,28). The molecule has 28 heavy (non-hydrogen) atoms. The Morgan fingerprint density at radius 1 is 1.07 bits per heavy atom. The van der Waals surface area contributed by atoms with Crippen LogP contribution in [0.25, 0.3) is 5.69 Å². The minimum absolute atomic E-state index is 0.0936. The van der Waals surface area contributed by atoms with Crippen molar-refractivity contribution in [3.63, 3.8) is 0 Å². The van der Waals surface area contributed by atoms with Crippen LogP contribution in [-0.2, 0) is 6.54 Å². The number of rotatable bonds is 4. The minimum Gasteiger partial charge on any atom is -0.335 e. The van der Waals surface area contributed by atoms with Gasteiger partial charge in [-0.1, -0.05) is 37.0 Å². The van der Waals surface area contributed by atoms with Crippen LogP contribution in [-0.4, -0.2) is 68.3 Å². The quantitative estimate of drug-likeness (QED) is 0.875. The Morgan fingerprint density at radius 3 is 2.50 bits per heavy atom. The van der Waals surface area contributed by atoms with Crippen LogP contribution in [0.3, 0.4) is 0 Å². The van der Waals surface area contributed by atoms with Crippen LogP contribution in [0.1, 0.15) is 43.5 Å². The first-order chi connectivity index (χ1) is 13.7. The van der Waals surface area contributed by atoms with Gasteiger partial charge in [0.1, 0.15) is 0 Å². The Balaban J connectivity index is 1.30. The molecular weight excluding hydrogens is 354 g/mol. The second kappa shape index (κ2) is 8.68. The molecule has 4 rings (SSSR count). The molecule has 1 aliphatic carbocycles. The summed E-state index contributed by atoms with van der Waals surface area (Å²) in [5.74, 6) is 0.823. The molecule has 1 aromatic carbocycles. The lowest BCUT2D eigenvalue weighted by molar-refractivity contribution is 0.129. The van der Waals surface area contributed by atoms with E-state index in [1.54, 1.807) is 4.68 Å². The Hall–Kier alpha value is -2.48. The number of aryl methyl sites for hydroxylation is 1. The van der Waals surface area contributed by atoms with Gasteiger partial charge in [0.2, 0.25) is 0 Å². The number of tetrazole rings is 1. The number of hydrogen-bond acceptors (Lipinski definition) is 5. The molecule has 1 aromatic heterocycles. The topological polar surface area (TPSA) is 79.2 Å². The van der Waals surface area contributed by atoms with Crippen LogP contribution in [0.5, 0.6) is 0 Å². The molecule has 1 saturated carbocycles. The van der Waals surface area contributed by atoms with Crippen molar-refractivity contribution >= 4 is 6.03 Å². The summed E-state index contributed by atoms with van der Waals surface area (Å²) in [4.78, 5) is 16.8. The van der Waals surface area contributed by atoms with E-state index in [0.717, 1.165) is 50.5 Å². The molecule has 150 valence electrons. The molecule has 2 amide bonds. The largest absolute Gasteiger partial charge is 0.335 e. The molecule has 0 radical (unpaired) electrons. The van der Waals surface area contributed by atoms with Crippen molar-refractivity contribution in [2.75, 3.05) is 26.2 Å². The molecule has 2 heterocycles. The first kappa shape index (κ1) is 18.9. The molecule has 2 aliphatic rings. The zero-order valence-electron chi connectivity index (χ0n) is 16.5. The summed E-state index contributed by atoms with van der Waals surface area (Å²) in [6, 6.07) is 8.63. The lowest BCUT2D eigenvalue weighted by Crippen LogP contribution is -2.53. The van der Waals surface area contributed by atoms with E-state index in [-0.39, 0.29) is 6.03 Å². The van der Waals surface area contributed by atoms with E-state index in [4.69, 9.17) is 0 Å². The van der Waals surface area contributed by atoms with Crippen LogP contribution in [0, 0.1) is 6.92 Å². The van der Waals surface area contributed by atoms with Crippen LogP contribution in [0.15, 0.2) is 24.3 Å². The van der Waals surface area contributed by atoms with Gasteiger partial charge in [0.05, 0.1) is 12.2 Å². The first-order valence-corrected chi connectivity index (χ1v) is 10.3. The summed E-state index contributed by atoms with van der Waals surface area (Å²) in [5, 5.41) is 15.4. The Labute approximate surface area is 165 Å². The molecule has 1 saturated heterocycles. The summed E-state index contributed by atoms with van der Waals surface area (Å²) < 4.78 is 1.79. The van der Waals surface area contributed by atoms with Crippen LogP contribution in [0.4, 0.5) is 4.79 Å². The molecule has 8 nitrogen and oxygen atoms in total. The molecule has 0 unspecified atom stereocenters. The van der Waals surface area contributed by atoms with E-state index in [0.29, 0.717) is 12.6 Å². The number of nitrogens with zero attached hydrogens (tertiary/aromatic N) is 6. The van der Waals surface area contributed by atoms with Gasteiger partial charge in [0.25, 0.3) is 0 Å². The molecular formula is C20H29N7O. The van der Waals surface area contributed by atoms with Crippen LogP contribution < -0.4 is 5.32 Å². The lowest BCUT2D eigenvalue weighted by Gasteiger charge is -2.35. The van der Waals surface area contributed by atoms with Crippen molar-refractivity contribution in [2.24, 2.45) is 0 Å². The van der Waals surface area contributed by atoms with Gasteiger partial charge in [-0.05, 0) is 42.3 Å². The van der Waals surface area contributed by atoms with Crippen molar-refractivity contribution in [3.8, 4) is 5.69 Å². The Kier molecular flexibility index (Phi) is 5.85. The Morgan fingerprint density at radius 2 is 1.79 bits per heavy atom. The van der Waals surface area contributed by atoms with Crippen LogP contribution in [0.2, 0.25) is 0 Å². The van der Waals surface area contributed by atoms with E-state index >= 15 is 0 Å². The van der Waals surface area contributed by atoms with Gasteiger partial charge in [0, 0.05) is 32.2 Å². The van der Waals surface area contributed by atoms with Crippen molar-refractivity contribution in [1.82, 2.24) is 35.3 Å². The number of aromatic nitrogens is 4. The van der Waals surface area contributed by atoms with E-state index in [1.165, 1.54) is 24.8 Å². The van der Waals surface area contributed by atoms with E-state index in [9.17, 15) is 4.79 Å². The molecule has 1 aliphatic heterocycles. The number of urea groups is 1. The highest BCUT2D eigenvalue weighted by Gasteiger charge is 2.25. The third-order valence-corrected chi connectivity index (χ3v) is 5.77. The number of nitrogens with one attached hydrogen (secondary N) is 1. The van der Waals surface area contributed by atoms with Crippen molar-refractivity contribution in [2.45, 2.75) is 51.6 Å². The number of hydrogen-bond donors (Lipinski definition) is 1. The molecule has 2 fully saturated rings. The highest BCUT2D eigenvalue weighted by atomic mass is 16.2. The van der Waals surface area contributed by atoms with Crippen molar-refractivity contribution in [3.05, 3.63) is 35.7 Å². The van der Waals surface area contributed by atoms with Gasteiger partial charge in [0.15, 0.2) is 5.82 Å². The highest BCUT2D eigenvalue weighted by Crippen LogP contribution is 2.18. The van der Waals surface area contributed by atoms with Crippen LogP contribution >= 0.6 is 0 Å². The van der Waals surface area contributed by atoms with Gasteiger partial charge in [-0.15, -0.1) is 5.10 Å². The molecule has 8 heteroatoms. The molecule has 1 N–H and O–H groups in total. The van der Waals surface area contributed by atoms with E-state index in [2.05, 4.69) is 44.8 Å². The normalized spacial score (nSPS) is 19.0. The third-order valence-electron chi connectivity index (χ3n) is 5.77. The number of carbonyl (C=O) groups is 1. The number of amides is 2. The monoisotopic (exact) mass is 383 g/mol. The molecule has 0 bridgehead atoms. The predicted molar refractivity (Wildman–Crippen MR) is 106 cm³/mol. The summed E-state index contributed by atoms with van der Waals surface area (Å²) in [7, 11) is 0. The zero-order valence-corrected chi connectivity index (χ0v) is 16.5. The average Bonchev–Trinajstić information content (AvgIpc) is 3.18.